The summed E-state index contributed by atoms with van der Waals surface area (Å²) in [6, 6.07) is -1.56. The van der Waals surface area contributed by atoms with Gasteiger partial charge in [0.25, 0.3) is 0 Å². The van der Waals surface area contributed by atoms with Crippen LogP contribution in [-0.4, -0.2) is 46.2 Å². The molecule has 88 valence electrons. The Morgan fingerprint density at radius 1 is 1.27 bits per heavy atom. The van der Waals surface area contributed by atoms with Crippen LogP contribution in [0.3, 0.4) is 0 Å². The summed E-state index contributed by atoms with van der Waals surface area (Å²) in [5, 5.41) is 20.3. The molecule has 0 aliphatic heterocycles. The highest BCUT2D eigenvalue weighted by Gasteiger charge is 2.23. The van der Waals surface area contributed by atoms with Crippen LogP contribution in [0.2, 0.25) is 0 Å². The SMILES string of the molecule is CCC(N[C@@H](CCSC)C(=O)O)C(=O)O. The number of rotatable bonds is 8. The summed E-state index contributed by atoms with van der Waals surface area (Å²) < 4.78 is 0. The molecule has 0 aliphatic rings. The van der Waals surface area contributed by atoms with Gasteiger partial charge in [-0.1, -0.05) is 6.92 Å². The number of carboxylic acids is 2. The van der Waals surface area contributed by atoms with Gasteiger partial charge >= 0.3 is 11.9 Å². The average molecular weight is 235 g/mol. The lowest BCUT2D eigenvalue weighted by atomic mass is 10.1. The first-order valence-electron chi connectivity index (χ1n) is 4.73. The molecule has 1 unspecified atom stereocenters. The topological polar surface area (TPSA) is 86.6 Å². The molecule has 0 heterocycles. The third-order valence-corrected chi connectivity index (χ3v) is 2.66. The van der Waals surface area contributed by atoms with E-state index in [4.69, 9.17) is 10.2 Å². The average Bonchev–Trinajstić information content (AvgIpc) is 2.17. The van der Waals surface area contributed by atoms with Crippen LogP contribution in [0.1, 0.15) is 19.8 Å². The Hall–Kier alpha value is -0.750. The fourth-order valence-corrected chi connectivity index (χ4v) is 1.59. The maximum absolute atomic E-state index is 10.8. The standard InChI is InChI=1S/C9H17NO4S/c1-3-6(8(11)12)10-7(9(13)14)4-5-15-2/h6-7,10H,3-5H2,1-2H3,(H,11,12)(H,13,14)/t6?,7-/m0/s1. The van der Waals surface area contributed by atoms with Crippen LogP contribution >= 0.6 is 11.8 Å². The highest BCUT2D eigenvalue weighted by atomic mass is 32.2. The Morgan fingerprint density at radius 3 is 2.13 bits per heavy atom. The molecule has 2 atom stereocenters. The van der Waals surface area contributed by atoms with Gasteiger partial charge in [-0.3, -0.25) is 14.9 Å². The number of carboxylic acid groups (broad SMARTS) is 2. The Balaban J connectivity index is 4.25. The molecular formula is C9H17NO4S. The molecule has 0 saturated carbocycles. The van der Waals surface area contributed by atoms with E-state index >= 15 is 0 Å². The molecule has 0 radical (unpaired) electrons. The van der Waals surface area contributed by atoms with Crippen molar-refractivity contribution in [3.05, 3.63) is 0 Å². The summed E-state index contributed by atoms with van der Waals surface area (Å²) in [4.78, 5) is 21.5. The van der Waals surface area contributed by atoms with E-state index in [1.165, 1.54) is 11.8 Å². The Labute approximate surface area is 93.2 Å². The van der Waals surface area contributed by atoms with Crippen molar-refractivity contribution in [1.82, 2.24) is 5.32 Å². The van der Waals surface area contributed by atoms with Crippen molar-refractivity contribution in [2.24, 2.45) is 0 Å². The molecule has 0 aromatic rings. The maximum Gasteiger partial charge on any atom is 0.320 e. The summed E-state index contributed by atoms with van der Waals surface area (Å²) in [5.41, 5.74) is 0. The van der Waals surface area contributed by atoms with E-state index < -0.39 is 24.0 Å². The van der Waals surface area contributed by atoms with E-state index in [0.29, 0.717) is 18.6 Å². The first kappa shape index (κ1) is 14.2. The number of hydrogen-bond acceptors (Lipinski definition) is 4. The molecule has 15 heavy (non-hydrogen) atoms. The molecule has 0 fully saturated rings. The number of aliphatic carboxylic acids is 2. The second kappa shape index (κ2) is 7.53. The van der Waals surface area contributed by atoms with Crippen molar-refractivity contribution >= 4 is 23.7 Å². The van der Waals surface area contributed by atoms with Crippen molar-refractivity contribution in [2.75, 3.05) is 12.0 Å². The number of carbonyl (C=O) groups is 2. The van der Waals surface area contributed by atoms with Crippen LogP contribution in [-0.2, 0) is 9.59 Å². The largest absolute Gasteiger partial charge is 0.480 e. The van der Waals surface area contributed by atoms with Gasteiger partial charge in [-0.2, -0.15) is 11.8 Å². The summed E-state index contributed by atoms with van der Waals surface area (Å²) in [6.07, 6.45) is 2.69. The Morgan fingerprint density at radius 2 is 1.80 bits per heavy atom. The van der Waals surface area contributed by atoms with E-state index in [2.05, 4.69) is 5.32 Å². The first-order valence-corrected chi connectivity index (χ1v) is 6.12. The van der Waals surface area contributed by atoms with Crippen LogP contribution in [0.25, 0.3) is 0 Å². The lowest BCUT2D eigenvalue weighted by molar-refractivity contribution is -0.142. The predicted molar refractivity (Wildman–Crippen MR) is 59.3 cm³/mol. The van der Waals surface area contributed by atoms with Crippen molar-refractivity contribution in [2.45, 2.75) is 31.8 Å². The maximum atomic E-state index is 10.8. The summed E-state index contributed by atoms with van der Waals surface area (Å²) in [6.45, 7) is 1.71. The third kappa shape index (κ3) is 5.64. The molecule has 5 nitrogen and oxygen atoms in total. The molecule has 0 saturated heterocycles. The van der Waals surface area contributed by atoms with Crippen LogP contribution in [0.4, 0.5) is 0 Å². The van der Waals surface area contributed by atoms with Gasteiger partial charge < -0.3 is 10.2 Å². The summed E-state index contributed by atoms with van der Waals surface area (Å²) in [7, 11) is 0. The summed E-state index contributed by atoms with van der Waals surface area (Å²) >= 11 is 1.54. The van der Waals surface area contributed by atoms with Crippen molar-refractivity contribution in [3.8, 4) is 0 Å². The van der Waals surface area contributed by atoms with Crippen LogP contribution in [0.15, 0.2) is 0 Å². The molecule has 0 aromatic heterocycles. The molecule has 0 spiro atoms. The first-order chi connectivity index (χ1) is 7.02. The quantitative estimate of drug-likeness (QED) is 0.572. The molecule has 0 bridgehead atoms. The molecule has 0 aliphatic carbocycles. The van der Waals surface area contributed by atoms with Gasteiger partial charge in [-0.25, -0.2) is 0 Å². The fourth-order valence-electron chi connectivity index (χ4n) is 1.12. The van der Waals surface area contributed by atoms with E-state index in [1.807, 2.05) is 6.26 Å². The van der Waals surface area contributed by atoms with Gasteiger partial charge in [0.2, 0.25) is 0 Å². The van der Waals surface area contributed by atoms with Crippen molar-refractivity contribution in [3.63, 3.8) is 0 Å². The number of nitrogens with one attached hydrogen (secondary N) is 1. The van der Waals surface area contributed by atoms with Crippen LogP contribution < -0.4 is 5.32 Å². The zero-order valence-corrected chi connectivity index (χ0v) is 9.71. The van der Waals surface area contributed by atoms with Gasteiger partial charge in [0.15, 0.2) is 0 Å². The number of thioether (sulfide) groups is 1. The zero-order valence-electron chi connectivity index (χ0n) is 8.90. The Kier molecular flexibility index (Phi) is 7.15. The fraction of sp³-hybridized carbons (Fsp3) is 0.778. The third-order valence-electron chi connectivity index (χ3n) is 2.02. The molecule has 3 N–H and O–H groups in total. The lowest BCUT2D eigenvalue weighted by Crippen LogP contribution is -2.47. The molecule has 0 amide bonds. The van der Waals surface area contributed by atoms with Crippen molar-refractivity contribution < 1.29 is 19.8 Å². The van der Waals surface area contributed by atoms with E-state index in [0.717, 1.165) is 0 Å². The minimum absolute atomic E-state index is 0.373. The van der Waals surface area contributed by atoms with E-state index in [1.54, 1.807) is 6.92 Å². The zero-order chi connectivity index (χ0) is 11.8. The van der Waals surface area contributed by atoms with Gasteiger partial charge in [0.1, 0.15) is 12.1 Å². The highest BCUT2D eigenvalue weighted by molar-refractivity contribution is 7.98. The minimum atomic E-state index is -1.01. The Bertz CT molecular complexity index is 222. The monoisotopic (exact) mass is 235 g/mol. The second-order valence-corrected chi connectivity index (χ2v) is 4.12. The second-order valence-electron chi connectivity index (χ2n) is 3.14. The molecule has 6 heteroatoms. The van der Waals surface area contributed by atoms with Crippen molar-refractivity contribution in [1.29, 1.82) is 0 Å². The molecule has 0 aromatic carbocycles. The van der Waals surface area contributed by atoms with Gasteiger partial charge in [-0.05, 0) is 24.9 Å². The minimum Gasteiger partial charge on any atom is -0.480 e. The highest BCUT2D eigenvalue weighted by Crippen LogP contribution is 2.03. The van der Waals surface area contributed by atoms with Gasteiger partial charge in [0.05, 0.1) is 0 Å². The van der Waals surface area contributed by atoms with E-state index in [9.17, 15) is 9.59 Å². The van der Waals surface area contributed by atoms with Gasteiger partial charge in [0, 0.05) is 0 Å². The summed E-state index contributed by atoms with van der Waals surface area (Å²) in [5.74, 6) is -1.31. The van der Waals surface area contributed by atoms with Crippen LogP contribution in [0, 0.1) is 0 Å². The molecule has 0 rings (SSSR count). The van der Waals surface area contributed by atoms with Gasteiger partial charge in [-0.15, -0.1) is 0 Å². The number of hydrogen-bond donors (Lipinski definition) is 3. The normalized spacial score (nSPS) is 14.5. The van der Waals surface area contributed by atoms with Crippen LogP contribution in [0.5, 0.6) is 0 Å². The smallest absolute Gasteiger partial charge is 0.320 e. The molecular weight excluding hydrogens is 218 g/mol. The predicted octanol–water partition coefficient (Wildman–Crippen LogP) is 0.645. The lowest BCUT2D eigenvalue weighted by Gasteiger charge is -2.18. The van der Waals surface area contributed by atoms with E-state index in [-0.39, 0.29) is 0 Å².